The number of hydrogen-bond acceptors (Lipinski definition) is 3. The molecule has 1 aromatic carbocycles. The van der Waals surface area contributed by atoms with E-state index in [9.17, 15) is 4.79 Å². The Kier molecular flexibility index (Phi) is 6.40. The number of nitrogens with one attached hydrogen (secondary N) is 1. The van der Waals surface area contributed by atoms with Gasteiger partial charge in [0.2, 0.25) is 0 Å². The molecule has 1 aliphatic carbocycles. The monoisotopic (exact) mass is 304 g/mol. The zero-order chi connectivity index (χ0) is 15.9. The molecule has 1 aliphatic rings. The van der Waals surface area contributed by atoms with Gasteiger partial charge in [-0.2, -0.15) is 0 Å². The quantitative estimate of drug-likeness (QED) is 0.813. The van der Waals surface area contributed by atoms with Crippen molar-refractivity contribution in [3.05, 3.63) is 35.4 Å². The minimum Gasteiger partial charge on any atom is -0.478 e. The first-order chi connectivity index (χ1) is 10.6. The minimum atomic E-state index is -0.866. The fourth-order valence-corrected chi connectivity index (χ4v) is 3.47. The van der Waals surface area contributed by atoms with E-state index in [-0.39, 0.29) is 0 Å². The molecule has 0 aromatic heterocycles. The third-order valence-electron chi connectivity index (χ3n) is 4.71. The molecule has 1 fully saturated rings. The summed E-state index contributed by atoms with van der Waals surface area (Å²) < 4.78 is 0. The maximum absolute atomic E-state index is 11.0. The molecule has 1 atom stereocenters. The summed E-state index contributed by atoms with van der Waals surface area (Å²) in [4.78, 5) is 13.3. The third-order valence-corrected chi connectivity index (χ3v) is 4.71. The number of carboxylic acid groups (broad SMARTS) is 1. The average molecular weight is 304 g/mol. The Labute approximate surface area is 133 Å². The predicted molar refractivity (Wildman–Crippen MR) is 89.2 cm³/mol. The summed E-state index contributed by atoms with van der Waals surface area (Å²) in [5, 5.41) is 12.6. The fraction of sp³-hybridized carbons (Fsp3) is 0.611. The molecule has 1 unspecified atom stereocenters. The molecule has 0 bridgehead atoms. The van der Waals surface area contributed by atoms with Crippen LogP contribution in [0.3, 0.4) is 0 Å². The van der Waals surface area contributed by atoms with Crippen molar-refractivity contribution < 1.29 is 9.90 Å². The van der Waals surface area contributed by atoms with Gasteiger partial charge in [-0.05, 0) is 50.6 Å². The van der Waals surface area contributed by atoms with E-state index >= 15 is 0 Å². The number of nitrogens with zero attached hydrogens (tertiary/aromatic N) is 1. The van der Waals surface area contributed by atoms with E-state index in [1.54, 1.807) is 12.1 Å². The van der Waals surface area contributed by atoms with E-state index < -0.39 is 5.97 Å². The summed E-state index contributed by atoms with van der Waals surface area (Å²) in [5.74, 6) is -0.0863. The highest BCUT2D eigenvalue weighted by Crippen LogP contribution is 2.28. The summed E-state index contributed by atoms with van der Waals surface area (Å²) >= 11 is 0. The molecule has 4 heteroatoms. The molecule has 122 valence electrons. The molecule has 22 heavy (non-hydrogen) atoms. The highest BCUT2D eigenvalue weighted by molar-refractivity contribution is 5.87. The van der Waals surface area contributed by atoms with Crippen LogP contribution in [0.15, 0.2) is 24.3 Å². The van der Waals surface area contributed by atoms with Crippen molar-refractivity contribution in [2.45, 2.75) is 44.7 Å². The Bertz CT molecular complexity index is 482. The molecule has 0 radical (unpaired) electrons. The van der Waals surface area contributed by atoms with Crippen LogP contribution in [0.2, 0.25) is 0 Å². The van der Waals surface area contributed by atoms with Crippen LogP contribution < -0.4 is 5.32 Å². The van der Waals surface area contributed by atoms with Gasteiger partial charge in [0, 0.05) is 19.1 Å². The Morgan fingerprint density at radius 2 is 2.05 bits per heavy atom. The van der Waals surface area contributed by atoms with Crippen molar-refractivity contribution in [3.8, 4) is 0 Å². The highest BCUT2D eigenvalue weighted by atomic mass is 16.4. The minimum absolute atomic E-state index is 0.357. The van der Waals surface area contributed by atoms with Crippen LogP contribution in [0.25, 0.3) is 0 Å². The summed E-state index contributed by atoms with van der Waals surface area (Å²) in [5.41, 5.74) is 1.39. The van der Waals surface area contributed by atoms with Gasteiger partial charge in [0.05, 0.1) is 5.56 Å². The van der Waals surface area contributed by atoms with E-state index in [2.05, 4.69) is 24.3 Å². The molecular formula is C18H28N2O2. The van der Waals surface area contributed by atoms with Crippen molar-refractivity contribution in [3.63, 3.8) is 0 Å². The van der Waals surface area contributed by atoms with E-state index in [1.165, 1.54) is 32.1 Å². The van der Waals surface area contributed by atoms with E-state index in [4.69, 9.17) is 5.11 Å². The molecule has 0 saturated heterocycles. The molecule has 0 spiro atoms. The van der Waals surface area contributed by atoms with Gasteiger partial charge in [0.15, 0.2) is 0 Å². The Morgan fingerprint density at radius 3 is 2.68 bits per heavy atom. The SMILES string of the molecule is CN(C)C(CNCc1cccc(C(=O)O)c1)C1CCCCC1. The number of hydrogen-bond donors (Lipinski definition) is 2. The molecule has 0 heterocycles. The molecule has 2 rings (SSSR count). The highest BCUT2D eigenvalue weighted by Gasteiger charge is 2.24. The first-order valence-electron chi connectivity index (χ1n) is 8.27. The number of aromatic carboxylic acids is 1. The lowest BCUT2D eigenvalue weighted by Crippen LogP contribution is -2.43. The number of carboxylic acids is 1. The molecule has 0 amide bonds. The zero-order valence-corrected chi connectivity index (χ0v) is 13.7. The van der Waals surface area contributed by atoms with Gasteiger partial charge in [-0.25, -0.2) is 4.79 Å². The smallest absolute Gasteiger partial charge is 0.335 e. The van der Waals surface area contributed by atoms with Crippen LogP contribution in [-0.2, 0) is 6.54 Å². The number of likely N-dealkylation sites (N-methyl/N-ethyl adjacent to an activating group) is 1. The van der Waals surface area contributed by atoms with Crippen molar-refractivity contribution in [1.82, 2.24) is 10.2 Å². The van der Waals surface area contributed by atoms with E-state index in [0.717, 1.165) is 24.6 Å². The van der Waals surface area contributed by atoms with Crippen LogP contribution in [-0.4, -0.2) is 42.7 Å². The standard InChI is InChI=1S/C18H28N2O2/c1-20(2)17(15-8-4-3-5-9-15)13-19-12-14-7-6-10-16(11-14)18(21)22/h6-7,10-11,15,17,19H,3-5,8-9,12-13H2,1-2H3,(H,21,22). The maximum atomic E-state index is 11.0. The second kappa shape index (κ2) is 8.30. The van der Waals surface area contributed by atoms with Crippen molar-refractivity contribution >= 4 is 5.97 Å². The Balaban J connectivity index is 1.87. The van der Waals surface area contributed by atoms with Crippen molar-refractivity contribution in [2.75, 3.05) is 20.6 Å². The lowest BCUT2D eigenvalue weighted by Gasteiger charge is -2.35. The van der Waals surface area contributed by atoms with Gasteiger partial charge in [-0.1, -0.05) is 31.4 Å². The van der Waals surface area contributed by atoms with E-state index in [0.29, 0.717) is 11.6 Å². The topological polar surface area (TPSA) is 52.6 Å². The van der Waals surface area contributed by atoms with Gasteiger partial charge < -0.3 is 15.3 Å². The summed E-state index contributed by atoms with van der Waals surface area (Å²) in [6.45, 7) is 1.67. The van der Waals surface area contributed by atoms with Crippen molar-refractivity contribution in [1.29, 1.82) is 0 Å². The molecular weight excluding hydrogens is 276 g/mol. The summed E-state index contributed by atoms with van der Waals surface area (Å²) in [6, 6.07) is 7.73. The average Bonchev–Trinajstić information content (AvgIpc) is 2.52. The largest absolute Gasteiger partial charge is 0.478 e. The molecule has 2 N–H and O–H groups in total. The first kappa shape index (κ1) is 17.0. The fourth-order valence-electron chi connectivity index (χ4n) is 3.47. The third kappa shape index (κ3) is 4.82. The van der Waals surface area contributed by atoms with Crippen LogP contribution in [0.4, 0.5) is 0 Å². The van der Waals surface area contributed by atoms with E-state index in [1.807, 2.05) is 12.1 Å². The van der Waals surface area contributed by atoms with Crippen LogP contribution in [0.1, 0.15) is 48.0 Å². The molecule has 1 aromatic rings. The summed E-state index contributed by atoms with van der Waals surface area (Å²) in [7, 11) is 4.32. The Morgan fingerprint density at radius 1 is 1.32 bits per heavy atom. The second-order valence-corrected chi connectivity index (χ2v) is 6.57. The van der Waals surface area contributed by atoms with Gasteiger partial charge in [-0.3, -0.25) is 0 Å². The Hall–Kier alpha value is -1.39. The van der Waals surface area contributed by atoms with Crippen molar-refractivity contribution in [2.24, 2.45) is 5.92 Å². The number of carbonyl (C=O) groups is 1. The number of benzene rings is 1. The van der Waals surface area contributed by atoms with Gasteiger partial charge >= 0.3 is 5.97 Å². The molecule has 0 aliphatic heterocycles. The van der Waals surface area contributed by atoms with Crippen LogP contribution >= 0.6 is 0 Å². The van der Waals surface area contributed by atoms with Gasteiger partial charge in [-0.15, -0.1) is 0 Å². The lowest BCUT2D eigenvalue weighted by molar-refractivity contribution is 0.0696. The van der Waals surface area contributed by atoms with Crippen LogP contribution in [0, 0.1) is 5.92 Å². The maximum Gasteiger partial charge on any atom is 0.335 e. The predicted octanol–water partition coefficient (Wildman–Crippen LogP) is 2.98. The molecule has 1 saturated carbocycles. The van der Waals surface area contributed by atoms with Gasteiger partial charge in [0.1, 0.15) is 0 Å². The van der Waals surface area contributed by atoms with Crippen LogP contribution in [0.5, 0.6) is 0 Å². The summed E-state index contributed by atoms with van der Waals surface area (Å²) in [6.07, 6.45) is 6.76. The normalized spacial score (nSPS) is 17.6. The first-order valence-corrected chi connectivity index (χ1v) is 8.27. The lowest BCUT2D eigenvalue weighted by atomic mass is 9.83. The number of rotatable bonds is 7. The second-order valence-electron chi connectivity index (χ2n) is 6.57. The zero-order valence-electron chi connectivity index (χ0n) is 13.7. The van der Waals surface area contributed by atoms with Gasteiger partial charge in [0.25, 0.3) is 0 Å². The molecule has 4 nitrogen and oxygen atoms in total.